The third kappa shape index (κ3) is 4.05. The van der Waals surface area contributed by atoms with E-state index in [2.05, 4.69) is 35.5 Å². The van der Waals surface area contributed by atoms with Gasteiger partial charge in [-0.05, 0) is 30.0 Å². The number of hydrogen-bond donors (Lipinski definition) is 2. The van der Waals surface area contributed by atoms with Gasteiger partial charge in [-0.15, -0.1) is 0 Å². The van der Waals surface area contributed by atoms with Crippen LogP contribution in [0.5, 0.6) is 11.5 Å². The van der Waals surface area contributed by atoms with Crippen molar-refractivity contribution >= 4 is 5.96 Å². The van der Waals surface area contributed by atoms with Crippen molar-refractivity contribution in [2.45, 2.75) is 20.3 Å². The Morgan fingerprint density at radius 3 is 2.80 bits per heavy atom. The van der Waals surface area contributed by atoms with Crippen LogP contribution >= 0.6 is 0 Å². The molecule has 0 atom stereocenters. The number of guanidine groups is 1. The van der Waals surface area contributed by atoms with Crippen LogP contribution in [0.15, 0.2) is 23.2 Å². The molecule has 1 aromatic rings. The van der Waals surface area contributed by atoms with E-state index in [-0.39, 0.29) is 0 Å². The first-order valence-corrected chi connectivity index (χ1v) is 7.02. The molecule has 5 heteroatoms. The summed E-state index contributed by atoms with van der Waals surface area (Å²) >= 11 is 0. The van der Waals surface area contributed by atoms with E-state index >= 15 is 0 Å². The van der Waals surface area contributed by atoms with Gasteiger partial charge < -0.3 is 20.1 Å². The lowest BCUT2D eigenvalue weighted by Gasteiger charge is -2.13. The number of ether oxygens (including phenoxy) is 2. The first-order chi connectivity index (χ1) is 9.69. The summed E-state index contributed by atoms with van der Waals surface area (Å²) in [6, 6.07) is 6.07. The van der Waals surface area contributed by atoms with Gasteiger partial charge in [-0.3, -0.25) is 4.99 Å². The summed E-state index contributed by atoms with van der Waals surface area (Å²) in [6.45, 7) is 6.42. The van der Waals surface area contributed by atoms with Crippen molar-refractivity contribution in [2.24, 2.45) is 10.9 Å². The molecule has 1 aliphatic rings. The van der Waals surface area contributed by atoms with Crippen LogP contribution in [-0.2, 0) is 6.42 Å². The number of fused-ring (bicyclic) bond motifs is 1. The van der Waals surface area contributed by atoms with Crippen molar-refractivity contribution in [3.8, 4) is 11.5 Å². The Hall–Kier alpha value is -1.91. The molecule has 0 fully saturated rings. The minimum Gasteiger partial charge on any atom is -0.454 e. The lowest BCUT2D eigenvalue weighted by Crippen LogP contribution is -2.39. The SMILES string of the molecule is CN=C(NCCc1ccc2c(c1)OCO2)NCC(C)C. The summed E-state index contributed by atoms with van der Waals surface area (Å²) in [7, 11) is 1.79. The van der Waals surface area contributed by atoms with Crippen LogP contribution in [0.3, 0.4) is 0 Å². The average Bonchev–Trinajstić information content (AvgIpc) is 2.89. The Labute approximate surface area is 120 Å². The molecule has 0 aromatic heterocycles. The molecule has 0 saturated carbocycles. The van der Waals surface area contributed by atoms with Crippen LogP contribution in [0.2, 0.25) is 0 Å². The maximum atomic E-state index is 5.37. The van der Waals surface area contributed by atoms with Gasteiger partial charge in [0.25, 0.3) is 0 Å². The number of aliphatic imine (C=N–C) groups is 1. The van der Waals surface area contributed by atoms with Crippen molar-refractivity contribution in [1.29, 1.82) is 0 Å². The maximum Gasteiger partial charge on any atom is 0.231 e. The molecule has 0 unspecified atom stereocenters. The van der Waals surface area contributed by atoms with Gasteiger partial charge in [0.1, 0.15) is 0 Å². The van der Waals surface area contributed by atoms with Crippen molar-refractivity contribution in [3.63, 3.8) is 0 Å². The van der Waals surface area contributed by atoms with Gasteiger partial charge in [-0.2, -0.15) is 0 Å². The van der Waals surface area contributed by atoms with Crippen LogP contribution < -0.4 is 20.1 Å². The van der Waals surface area contributed by atoms with Crippen LogP contribution in [-0.4, -0.2) is 32.9 Å². The Balaban J connectivity index is 1.77. The molecule has 20 heavy (non-hydrogen) atoms. The highest BCUT2D eigenvalue weighted by atomic mass is 16.7. The van der Waals surface area contributed by atoms with E-state index in [4.69, 9.17) is 9.47 Å². The molecule has 2 rings (SSSR count). The van der Waals surface area contributed by atoms with E-state index in [0.717, 1.165) is 37.0 Å². The Morgan fingerprint density at radius 2 is 2.05 bits per heavy atom. The normalized spacial score (nSPS) is 13.7. The third-order valence-electron chi connectivity index (χ3n) is 3.04. The minimum atomic E-state index is 0.322. The molecule has 1 heterocycles. The average molecular weight is 277 g/mol. The number of rotatable bonds is 5. The Kier molecular flexibility index (Phi) is 5.09. The predicted octanol–water partition coefficient (Wildman–Crippen LogP) is 1.78. The summed E-state index contributed by atoms with van der Waals surface area (Å²) in [5.74, 6) is 3.11. The monoisotopic (exact) mass is 277 g/mol. The molecule has 1 aliphatic heterocycles. The van der Waals surface area contributed by atoms with E-state index in [1.54, 1.807) is 7.05 Å². The standard InChI is InChI=1S/C15H23N3O2/c1-11(2)9-18-15(16-3)17-7-6-12-4-5-13-14(8-12)20-10-19-13/h4-5,8,11H,6-7,9-10H2,1-3H3,(H2,16,17,18). The van der Waals surface area contributed by atoms with Crippen LogP contribution in [0, 0.1) is 5.92 Å². The molecule has 5 nitrogen and oxygen atoms in total. The van der Waals surface area contributed by atoms with Gasteiger partial charge >= 0.3 is 0 Å². The number of benzene rings is 1. The smallest absolute Gasteiger partial charge is 0.231 e. The highest BCUT2D eigenvalue weighted by Gasteiger charge is 2.12. The number of hydrogen-bond acceptors (Lipinski definition) is 3. The largest absolute Gasteiger partial charge is 0.454 e. The van der Waals surface area contributed by atoms with Gasteiger partial charge in [0.15, 0.2) is 17.5 Å². The van der Waals surface area contributed by atoms with Crippen molar-refractivity contribution < 1.29 is 9.47 Å². The molecule has 0 bridgehead atoms. The summed E-state index contributed by atoms with van der Waals surface area (Å²) in [5, 5.41) is 6.60. The maximum absolute atomic E-state index is 5.37. The number of nitrogens with one attached hydrogen (secondary N) is 2. The van der Waals surface area contributed by atoms with E-state index in [9.17, 15) is 0 Å². The highest BCUT2D eigenvalue weighted by molar-refractivity contribution is 5.79. The second-order valence-corrected chi connectivity index (χ2v) is 5.21. The zero-order valence-electron chi connectivity index (χ0n) is 12.4. The molecule has 0 aliphatic carbocycles. The lowest BCUT2D eigenvalue weighted by atomic mass is 10.1. The van der Waals surface area contributed by atoms with Crippen molar-refractivity contribution in [3.05, 3.63) is 23.8 Å². The summed E-state index contributed by atoms with van der Waals surface area (Å²) in [5.41, 5.74) is 1.22. The summed E-state index contributed by atoms with van der Waals surface area (Å²) in [4.78, 5) is 4.20. The van der Waals surface area contributed by atoms with Crippen LogP contribution in [0.25, 0.3) is 0 Å². The quantitative estimate of drug-likeness (QED) is 0.636. The van der Waals surface area contributed by atoms with Crippen LogP contribution in [0.4, 0.5) is 0 Å². The molecular weight excluding hydrogens is 254 g/mol. The van der Waals surface area contributed by atoms with Gasteiger partial charge in [-0.25, -0.2) is 0 Å². The molecule has 0 spiro atoms. The topological polar surface area (TPSA) is 54.9 Å². The van der Waals surface area contributed by atoms with Crippen LogP contribution in [0.1, 0.15) is 19.4 Å². The minimum absolute atomic E-state index is 0.322. The number of nitrogens with zero attached hydrogens (tertiary/aromatic N) is 1. The van der Waals surface area contributed by atoms with Gasteiger partial charge in [0, 0.05) is 20.1 Å². The van der Waals surface area contributed by atoms with E-state index in [0.29, 0.717) is 12.7 Å². The summed E-state index contributed by atoms with van der Waals surface area (Å²) in [6.07, 6.45) is 0.916. The Morgan fingerprint density at radius 1 is 1.25 bits per heavy atom. The molecule has 1 aromatic carbocycles. The molecule has 110 valence electrons. The fourth-order valence-corrected chi connectivity index (χ4v) is 1.94. The molecule has 0 amide bonds. The fourth-order valence-electron chi connectivity index (χ4n) is 1.94. The fraction of sp³-hybridized carbons (Fsp3) is 0.533. The predicted molar refractivity (Wildman–Crippen MR) is 80.5 cm³/mol. The zero-order valence-corrected chi connectivity index (χ0v) is 12.4. The van der Waals surface area contributed by atoms with Gasteiger partial charge in [0.05, 0.1) is 0 Å². The van der Waals surface area contributed by atoms with Gasteiger partial charge in [-0.1, -0.05) is 19.9 Å². The molecule has 0 saturated heterocycles. The highest BCUT2D eigenvalue weighted by Crippen LogP contribution is 2.32. The van der Waals surface area contributed by atoms with Crippen molar-refractivity contribution in [1.82, 2.24) is 10.6 Å². The second-order valence-electron chi connectivity index (χ2n) is 5.21. The Bertz CT molecular complexity index is 472. The van der Waals surface area contributed by atoms with Gasteiger partial charge in [0.2, 0.25) is 6.79 Å². The summed E-state index contributed by atoms with van der Waals surface area (Å²) < 4.78 is 10.7. The third-order valence-corrected chi connectivity index (χ3v) is 3.04. The first kappa shape index (κ1) is 14.5. The first-order valence-electron chi connectivity index (χ1n) is 7.02. The van der Waals surface area contributed by atoms with E-state index < -0.39 is 0 Å². The lowest BCUT2D eigenvalue weighted by molar-refractivity contribution is 0.174. The molecule has 0 radical (unpaired) electrons. The molecule has 2 N–H and O–H groups in total. The zero-order chi connectivity index (χ0) is 14.4. The molecular formula is C15H23N3O2. The second kappa shape index (κ2) is 7.03. The van der Waals surface area contributed by atoms with E-state index in [1.165, 1.54) is 5.56 Å². The van der Waals surface area contributed by atoms with E-state index in [1.807, 2.05) is 12.1 Å². The van der Waals surface area contributed by atoms with Crippen molar-refractivity contribution in [2.75, 3.05) is 26.9 Å².